The smallest absolute Gasteiger partial charge is 0.0591 e. The molecule has 0 aliphatic heterocycles. The van der Waals surface area contributed by atoms with Crippen molar-refractivity contribution in [1.29, 1.82) is 0 Å². The van der Waals surface area contributed by atoms with E-state index in [2.05, 4.69) is 67.7 Å². The van der Waals surface area contributed by atoms with Crippen LogP contribution in [0.4, 0.5) is 0 Å². The number of thioether (sulfide) groups is 1. The Morgan fingerprint density at radius 2 is 1.57 bits per heavy atom. The fraction of sp³-hybridized carbons (Fsp3) is 0.368. The molecule has 1 nitrogen and oxygen atoms in total. The lowest BCUT2D eigenvalue weighted by Gasteiger charge is -2.21. The summed E-state index contributed by atoms with van der Waals surface area (Å²) in [6.45, 7) is 4.53. The molecule has 0 aromatic heterocycles. The van der Waals surface area contributed by atoms with Gasteiger partial charge in [0.15, 0.2) is 0 Å². The van der Waals surface area contributed by atoms with Gasteiger partial charge in [-0.1, -0.05) is 55.5 Å². The van der Waals surface area contributed by atoms with E-state index in [1.165, 1.54) is 40.2 Å². The number of rotatable bonds is 6. The molecule has 0 spiro atoms. The summed E-state index contributed by atoms with van der Waals surface area (Å²) >= 11 is 2.03. The molecule has 0 bridgehead atoms. The number of hydrogen-bond donors (Lipinski definition) is 1. The minimum absolute atomic E-state index is 0.346. The van der Waals surface area contributed by atoms with E-state index in [4.69, 9.17) is 0 Å². The van der Waals surface area contributed by atoms with E-state index in [0.717, 1.165) is 0 Å². The van der Waals surface area contributed by atoms with Gasteiger partial charge < -0.3 is 5.32 Å². The Morgan fingerprint density at radius 1 is 1.00 bits per heavy atom. The Hall–Kier alpha value is -1.25. The van der Waals surface area contributed by atoms with Crippen molar-refractivity contribution < 1.29 is 0 Å². The molecule has 0 heterocycles. The first-order valence-electron chi connectivity index (χ1n) is 7.83. The second-order valence-electron chi connectivity index (χ2n) is 5.66. The molecular weight excluding hydrogens is 274 g/mol. The van der Waals surface area contributed by atoms with Crippen LogP contribution in [0.5, 0.6) is 0 Å². The molecule has 0 saturated carbocycles. The molecule has 110 valence electrons. The van der Waals surface area contributed by atoms with Gasteiger partial charge in [0, 0.05) is 6.04 Å². The molecule has 0 saturated heterocycles. The van der Waals surface area contributed by atoms with Crippen LogP contribution in [-0.4, -0.2) is 17.5 Å². The molecule has 1 unspecified atom stereocenters. The number of benzene rings is 2. The standard InChI is InChI=1S/C19H23NS/c1-3-21-13-12-14(2)20-19-17-10-6-4-8-15(17)16-9-5-7-11-18(16)19/h4-11,14,19-20H,3,12-13H2,1-2H3. The topological polar surface area (TPSA) is 12.0 Å². The van der Waals surface area contributed by atoms with Crippen LogP contribution in [0.25, 0.3) is 11.1 Å². The Kier molecular flexibility index (Phi) is 4.67. The van der Waals surface area contributed by atoms with Crippen molar-refractivity contribution in [1.82, 2.24) is 5.32 Å². The van der Waals surface area contributed by atoms with Gasteiger partial charge in [-0.25, -0.2) is 0 Å². The van der Waals surface area contributed by atoms with E-state index in [1.54, 1.807) is 0 Å². The maximum atomic E-state index is 3.84. The summed E-state index contributed by atoms with van der Waals surface area (Å²) in [5.41, 5.74) is 5.63. The summed E-state index contributed by atoms with van der Waals surface area (Å²) in [7, 11) is 0. The first-order chi connectivity index (χ1) is 10.3. The van der Waals surface area contributed by atoms with Crippen molar-refractivity contribution in [2.24, 2.45) is 0 Å². The average molecular weight is 297 g/mol. The fourth-order valence-corrected chi connectivity index (χ4v) is 3.92. The summed E-state index contributed by atoms with van der Waals surface area (Å²) in [4.78, 5) is 0. The van der Waals surface area contributed by atoms with Crippen LogP contribution in [0, 0.1) is 0 Å². The molecule has 1 aliphatic rings. The predicted octanol–water partition coefficient (Wildman–Crippen LogP) is 4.88. The van der Waals surface area contributed by atoms with Gasteiger partial charge in [-0.15, -0.1) is 0 Å². The SMILES string of the molecule is CCSCCC(C)NC1c2ccccc2-c2ccccc21. The minimum Gasteiger partial charge on any atom is -0.304 e. The molecule has 0 radical (unpaired) electrons. The lowest BCUT2D eigenvalue weighted by molar-refractivity contribution is 0.495. The van der Waals surface area contributed by atoms with E-state index >= 15 is 0 Å². The Balaban J connectivity index is 1.82. The average Bonchev–Trinajstić information content (AvgIpc) is 2.83. The molecule has 1 aliphatic carbocycles. The van der Waals surface area contributed by atoms with Crippen LogP contribution < -0.4 is 5.32 Å². The van der Waals surface area contributed by atoms with Crippen LogP contribution in [0.15, 0.2) is 48.5 Å². The highest BCUT2D eigenvalue weighted by atomic mass is 32.2. The highest BCUT2D eigenvalue weighted by Gasteiger charge is 2.28. The van der Waals surface area contributed by atoms with Gasteiger partial charge in [-0.2, -0.15) is 11.8 Å². The fourth-order valence-electron chi connectivity index (χ4n) is 3.11. The zero-order valence-corrected chi connectivity index (χ0v) is 13.6. The van der Waals surface area contributed by atoms with E-state index in [1.807, 2.05) is 11.8 Å². The number of hydrogen-bond acceptors (Lipinski definition) is 2. The molecule has 1 atom stereocenters. The third kappa shape index (κ3) is 3.02. The summed E-state index contributed by atoms with van der Waals surface area (Å²) in [5, 5.41) is 3.84. The summed E-state index contributed by atoms with van der Waals surface area (Å²) < 4.78 is 0. The molecule has 0 fully saturated rings. The first kappa shape index (κ1) is 14.7. The van der Waals surface area contributed by atoms with Crippen molar-refractivity contribution >= 4 is 11.8 Å². The van der Waals surface area contributed by atoms with E-state index < -0.39 is 0 Å². The molecule has 21 heavy (non-hydrogen) atoms. The van der Waals surface area contributed by atoms with Crippen LogP contribution in [0.2, 0.25) is 0 Å². The maximum absolute atomic E-state index is 3.84. The monoisotopic (exact) mass is 297 g/mol. The molecule has 2 aromatic carbocycles. The molecule has 2 aromatic rings. The summed E-state index contributed by atoms with van der Waals surface area (Å²) in [6.07, 6.45) is 1.22. The quantitative estimate of drug-likeness (QED) is 0.763. The van der Waals surface area contributed by atoms with Gasteiger partial charge in [0.25, 0.3) is 0 Å². The molecular formula is C19H23NS. The predicted molar refractivity (Wildman–Crippen MR) is 93.9 cm³/mol. The summed E-state index contributed by atoms with van der Waals surface area (Å²) in [5.74, 6) is 2.45. The Labute approximate surface area is 132 Å². The second kappa shape index (κ2) is 6.67. The van der Waals surface area contributed by atoms with Crippen molar-refractivity contribution in [3.05, 3.63) is 59.7 Å². The normalized spacial score (nSPS) is 14.8. The Bertz CT molecular complexity index is 563. The van der Waals surface area contributed by atoms with Crippen molar-refractivity contribution in [2.75, 3.05) is 11.5 Å². The molecule has 1 N–H and O–H groups in total. The lowest BCUT2D eigenvalue weighted by Crippen LogP contribution is -2.30. The van der Waals surface area contributed by atoms with Crippen LogP contribution in [0.1, 0.15) is 37.4 Å². The first-order valence-corrected chi connectivity index (χ1v) is 8.98. The third-order valence-corrected chi connectivity index (χ3v) is 5.12. The second-order valence-corrected chi connectivity index (χ2v) is 7.05. The molecule has 0 amide bonds. The van der Waals surface area contributed by atoms with Crippen molar-refractivity contribution in [3.8, 4) is 11.1 Å². The van der Waals surface area contributed by atoms with E-state index in [0.29, 0.717) is 12.1 Å². The number of fused-ring (bicyclic) bond motifs is 3. The van der Waals surface area contributed by atoms with E-state index in [9.17, 15) is 0 Å². The number of nitrogens with one attached hydrogen (secondary N) is 1. The Morgan fingerprint density at radius 3 is 2.14 bits per heavy atom. The van der Waals surface area contributed by atoms with Crippen molar-refractivity contribution in [2.45, 2.75) is 32.4 Å². The van der Waals surface area contributed by atoms with Gasteiger partial charge in [0.2, 0.25) is 0 Å². The third-order valence-electron chi connectivity index (χ3n) is 4.18. The maximum Gasteiger partial charge on any atom is 0.0591 e. The van der Waals surface area contributed by atoms with E-state index in [-0.39, 0.29) is 0 Å². The van der Waals surface area contributed by atoms with Gasteiger partial charge in [0.05, 0.1) is 6.04 Å². The molecule has 2 heteroatoms. The van der Waals surface area contributed by atoms with Crippen LogP contribution in [-0.2, 0) is 0 Å². The zero-order chi connectivity index (χ0) is 14.7. The van der Waals surface area contributed by atoms with Crippen LogP contribution in [0.3, 0.4) is 0 Å². The summed E-state index contributed by atoms with van der Waals surface area (Å²) in [6, 6.07) is 18.5. The lowest BCUT2D eigenvalue weighted by atomic mass is 10.0. The van der Waals surface area contributed by atoms with Gasteiger partial charge in [0.1, 0.15) is 0 Å². The molecule has 3 rings (SSSR count). The van der Waals surface area contributed by atoms with Crippen molar-refractivity contribution in [3.63, 3.8) is 0 Å². The highest BCUT2D eigenvalue weighted by Crippen LogP contribution is 2.43. The van der Waals surface area contributed by atoms with Gasteiger partial charge in [-0.3, -0.25) is 0 Å². The largest absolute Gasteiger partial charge is 0.304 e. The minimum atomic E-state index is 0.346. The van der Waals surface area contributed by atoms with Gasteiger partial charge in [-0.05, 0) is 47.1 Å². The van der Waals surface area contributed by atoms with Crippen LogP contribution >= 0.6 is 11.8 Å². The zero-order valence-electron chi connectivity index (χ0n) is 12.8. The highest BCUT2D eigenvalue weighted by molar-refractivity contribution is 7.99. The van der Waals surface area contributed by atoms with Gasteiger partial charge >= 0.3 is 0 Å².